The molecule has 0 saturated carbocycles. The molecule has 1 aromatic heterocycles. The van der Waals surface area contributed by atoms with Crippen LogP contribution in [-0.2, 0) is 4.79 Å². The summed E-state index contributed by atoms with van der Waals surface area (Å²) in [4.78, 5) is 25.3. The molecule has 0 aliphatic carbocycles. The molecule has 2 aliphatic heterocycles. The number of aromatic nitrogens is 2. The first-order valence-electron chi connectivity index (χ1n) is 7.36. The second-order valence-corrected chi connectivity index (χ2v) is 6.55. The van der Waals surface area contributed by atoms with E-state index in [4.69, 9.17) is 0 Å². The van der Waals surface area contributed by atoms with Crippen molar-refractivity contribution in [1.82, 2.24) is 14.5 Å². The monoisotopic (exact) mass is 371 g/mol. The summed E-state index contributed by atoms with van der Waals surface area (Å²) >= 11 is 3.54. The Morgan fingerprint density at radius 3 is 2.87 bits per heavy atom. The molecular formula is C17H14BrN3O2. The van der Waals surface area contributed by atoms with Crippen molar-refractivity contribution in [1.29, 1.82) is 0 Å². The molecule has 0 bridgehead atoms. The molecule has 1 atom stereocenters. The van der Waals surface area contributed by atoms with Crippen LogP contribution in [0.5, 0.6) is 0 Å². The number of carbonyl (C=O) groups excluding carboxylic acids is 1. The summed E-state index contributed by atoms with van der Waals surface area (Å²) in [5.41, 5.74) is 3.01. The maximum Gasteiger partial charge on any atom is 0.333 e. The largest absolute Gasteiger partial charge is 0.333 e. The molecule has 4 rings (SSSR count). The Morgan fingerprint density at radius 2 is 2.09 bits per heavy atom. The van der Waals surface area contributed by atoms with Gasteiger partial charge in [0.25, 0.3) is 0 Å². The lowest BCUT2D eigenvalue weighted by Crippen LogP contribution is -2.40. The van der Waals surface area contributed by atoms with Crippen molar-refractivity contribution < 1.29 is 4.79 Å². The highest BCUT2D eigenvalue weighted by molar-refractivity contribution is 9.10. The van der Waals surface area contributed by atoms with Crippen LogP contribution in [-0.4, -0.2) is 15.0 Å². The average Bonchev–Trinajstić information content (AvgIpc) is 2.68. The van der Waals surface area contributed by atoms with E-state index in [2.05, 4.69) is 27.8 Å². The molecular weight excluding hydrogens is 358 g/mol. The quantitative estimate of drug-likeness (QED) is 0.837. The van der Waals surface area contributed by atoms with Gasteiger partial charge >= 0.3 is 5.69 Å². The zero-order valence-corrected chi connectivity index (χ0v) is 13.8. The van der Waals surface area contributed by atoms with E-state index in [-0.39, 0.29) is 11.6 Å². The van der Waals surface area contributed by atoms with Gasteiger partial charge in [-0.25, -0.2) is 4.79 Å². The average molecular weight is 372 g/mol. The number of hydrogen-bond acceptors (Lipinski definition) is 2. The summed E-state index contributed by atoms with van der Waals surface area (Å²) in [6.45, 7) is 3.80. The maximum atomic E-state index is 12.9. The first-order valence-corrected chi connectivity index (χ1v) is 8.15. The molecule has 1 unspecified atom stereocenters. The fourth-order valence-electron chi connectivity index (χ4n) is 3.23. The first-order chi connectivity index (χ1) is 11.1. The smallest absolute Gasteiger partial charge is 0.329 e. The van der Waals surface area contributed by atoms with Crippen LogP contribution in [0.2, 0.25) is 0 Å². The van der Waals surface area contributed by atoms with E-state index in [1.807, 2.05) is 30.4 Å². The number of halogens is 1. The molecule has 1 N–H and O–H groups in total. The Bertz CT molecular complexity index is 978. The predicted octanol–water partition coefficient (Wildman–Crippen LogP) is 3.03. The molecule has 116 valence electrons. The van der Waals surface area contributed by atoms with Gasteiger partial charge in [-0.3, -0.25) is 13.9 Å². The highest BCUT2D eigenvalue weighted by atomic mass is 79.9. The van der Waals surface area contributed by atoms with Crippen LogP contribution in [0.25, 0.3) is 23.3 Å². The molecule has 2 aromatic rings. The minimum atomic E-state index is -0.511. The van der Waals surface area contributed by atoms with Gasteiger partial charge < -0.3 is 5.32 Å². The number of nitrogens with one attached hydrogen (secondary N) is 1. The number of carbonyl (C=O) groups is 1. The lowest BCUT2D eigenvalue weighted by Gasteiger charge is -2.24. The van der Waals surface area contributed by atoms with Crippen molar-refractivity contribution in [2.24, 2.45) is 0 Å². The van der Waals surface area contributed by atoms with Crippen molar-refractivity contribution in [2.75, 3.05) is 0 Å². The van der Waals surface area contributed by atoms with E-state index in [1.165, 1.54) is 0 Å². The van der Waals surface area contributed by atoms with Crippen molar-refractivity contribution in [3.63, 3.8) is 0 Å². The molecule has 1 fully saturated rings. The van der Waals surface area contributed by atoms with Gasteiger partial charge in [0.2, 0.25) is 5.91 Å². The zero-order valence-electron chi connectivity index (χ0n) is 12.3. The molecule has 2 aliphatic rings. The lowest BCUT2D eigenvalue weighted by molar-refractivity contribution is -0.124. The van der Waals surface area contributed by atoms with Crippen molar-refractivity contribution >= 4 is 45.1 Å². The third kappa shape index (κ3) is 2.05. The summed E-state index contributed by atoms with van der Waals surface area (Å²) in [5, 5.41) is 2.76. The van der Waals surface area contributed by atoms with Gasteiger partial charge in [-0.05, 0) is 31.1 Å². The third-order valence-electron chi connectivity index (χ3n) is 4.30. The van der Waals surface area contributed by atoms with E-state index in [1.54, 1.807) is 15.3 Å². The number of allylic oxidation sites excluding steroid dienone is 3. The van der Waals surface area contributed by atoms with Gasteiger partial charge in [0, 0.05) is 21.9 Å². The summed E-state index contributed by atoms with van der Waals surface area (Å²) < 4.78 is 4.11. The Hall–Kier alpha value is -2.34. The van der Waals surface area contributed by atoms with Crippen LogP contribution >= 0.6 is 15.9 Å². The summed E-state index contributed by atoms with van der Waals surface area (Å²) in [6, 6.07) is 3.28. The Kier molecular flexibility index (Phi) is 3.16. The van der Waals surface area contributed by atoms with Crippen LogP contribution in [0, 0.1) is 0 Å². The van der Waals surface area contributed by atoms with Gasteiger partial charge in [-0.15, -0.1) is 0 Å². The molecule has 1 saturated heterocycles. The van der Waals surface area contributed by atoms with Crippen molar-refractivity contribution in [2.45, 2.75) is 18.9 Å². The van der Waals surface area contributed by atoms with Gasteiger partial charge in [-0.2, -0.15) is 0 Å². The molecule has 1 amide bonds. The highest BCUT2D eigenvalue weighted by Crippen LogP contribution is 2.32. The van der Waals surface area contributed by atoms with Gasteiger partial charge in [0.15, 0.2) is 0 Å². The van der Waals surface area contributed by atoms with Crippen molar-refractivity contribution in [3.8, 4) is 0 Å². The minimum Gasteiger partial charge on any atom is -0.329 e. The number of hydrogen-bond donors (Lipinski definition) is 1. The van der Waals surface area contributed by atoms with E-state index < -0.39 is 6.04 Å². The fourth-order valence-corrected chi connectivity index (χ4v) is 3.68. The number of benzene rings is 1. The number of amides is 1. The van der Waals surface area contributed by atoms with E-state index in [0.717, 1.165) is 21.1 Å². The fraction of sp³-hybridized carbons (Fsp3) is 0.176. The number of imidazole rings is 1. The molecule has 0 radical (unpaired) electrons. The predicted molar refractivity (Wildman–Crippen MR) is 93.8 cm³/mol. The highest BCUT2D eigenvalue weighted by Gasteiger charge is 2.30. The summed E-state index contributed by atoms with van der Waals surface area (Å²) in [7, 11) is 0. The van der Waals surface area contributed by atoms with Crippen molar-refractivity contribution in [3.05, 3.63) is 57.1 Å². The summed E-state index contributed by atoms with van der Waals surface area (Å²) in [6.07, 6.45) is 8.66. The number of rotatable bonds is 1. The normalized spacial score (nSPS) is 20.0. The first kappa shape index (κ1) is 14.3. The Morgan fingerprint density at radius 1 is 1.26 bits per heavy atom. The molecule has 6 heteroatoms. The van der Waals surface area contributed by atoms with E-state index >= 15 is 0 Å². The molecule has 23 heavy (non-hydrogen) atoms. The van der Waals surface area contributed by atoms with Gasteiger partial charge in [0.1, 0.15) is 6.04 Å². The van der Waals surface area contributed by atoms with Crippen LogP contribution in [0.3, 0.4) is 0 Å². The SMILES string of the molecule is C=C1CCC(n2c(=O)n3c4c(c(Br)ccc42)C=CC=C3)C(=O)N1. The molecule has 0 spiro atoms. The van der Waals surface area contributed by atoms with Crippen LogP contribution < -0.4 is 11.0 Å². The second-order valence-electron chi connectivity index (χ2n) is 5.70. The summed E-state index contributed by atoms with van der Waals surface area (Å²) in [5.74, 6) is -0.177. The topological polar surface area (TPSA) is 56.0 Å². The number of nitrogens with zero attached hydrogens (tertiary/aromatic N) is 2. The zero-order chi connectivity index (χ0) is 16.1. The third-order valence-corrected chi connectivity index (χ3v) is 4.99. The minimum absolute atomic E-state index is 0.177. The van der Waals surface area contributed by atoms with E-state index in [0.29, 0.717) is 18.5 Å². The maximum absolute atomic E-state index is 12.9. The molecule has 3 heterocycles. The van der Waals surface area contributed by atoms with Crippen LogP contribution in [0.4, 0.5) is 0 Å². The van der Waals surface area contributed by atoms with Crippen LogP contribution in [0.1, 0.15) is 24.4 Å². The number of piperidine rings is 1. The Labute approximate surface area is 140 Å². The van der Waals surface area contributed by atoms with Gasteiger partial charge in [0.05, 0.1) is 11.0 Å². The standard InChI is InChI=1S/C17H14BrN3O2/c1-10-5-7-14(16(22)19-10)21-13-8-6-12(18)11-4-2-3-9-20(15(11)13)17(21)23/h2-4,6,8-9,14H,1,5,7H2,(H,19,22). The molecule has 5 nitrogen and oxygen atoms in total. The van der Waals surface area contributed by atoms with E-state index in [9.17, 15) is 9.59 Å². The second kappa shape index (κ2) is 5.09. The van der Waals surface area contributed by atoms with Crippen LogP contribution in [0.15, 0.2) is 45.8 Å². The Balaban J connectivity index is 2.03. The lowest BCUT2D eigenvalue weighted by atomic mass is 10.0. The molecule has 1 aromatic carbocycles. The van der Waals surface area contributed by atoms with Gasteiger partial charge in [-0.1, -0.05) is 34.7 Å².